The van der Waals surface area contributed by atoms with Gasteiger partial charge >= 0.3 is 11.8 Å². The fourth-order valence-corrected chi connectivity index (χ4v) is 1.86. The molecular weight excluding hydrogens is 294 g/mol. The summed E-state index contributed by atoms with van der Waals surface area (Å²) in [5, 5.41) is 15.7. The number of aromatic hydroxyl groups is 1. The summed E-state index contributed by atoms with van der Waals surface area (Å²) in [6.07, 6.45) is 1.26. The summed E-state index contributed by atoms with van der Waals surface area (Å²) in [6.45, 7) is 3.73. The van der Waals surface area contributed by atoms with Crippen molar-refractivity contribution >= 4 is 23.7 Å². The van der Waals surface area contributed by atoms with Crippen LogP contribution in [0.4, 0.5) is 5.69 Å². The number of hydrazone groups is 1. The number of phenols is 1. The van der Waals surface area contributed by atoms with Gasteiger partial charge in [-0.25, -0.2) is 5.43 Å². The van der Waals surface area contributed by atoms with Crippen LogP contribution >= 0.6 is 0 Å². The number of phenolic OH excluding ortho intramolecular Hbond substituents is 1. The zero-order valence-electron chi connectivity index (χ0n) is 12.8. The predicted molar refractivity (Wildman–Crippen MR) is 88.4 cm³/mol. The Labute approximate surface area is 133 Å². The predicted octanol–water partition coefficient (Wildman–Crippen LogP) is 2.10. The number of carbonyl (C=O) groups is 2. The Hall–Kier alpha value is -3.15. The highest BCUT2D eigenvalue weighted by Crippen LogP contribution is 2.16. The van der Waals surface area contributed by atoms with E-state index in [0.717, 1.165) is 11.1 Å². The molecule has 0 aliphatic rings. The molecule has 0 heterocycles. The van der Waals surface area contributed by atoms with E-state index >= 15 is 0 Å². The van der Waals surface area contributed by atoms with Crippen LogP contribution in [0, 0.1) is 13.8 Å². The molecule has 2 amide bonds. The SMILES string of the molecule is Cc1ccc(C)c(NC(=O)C(=O)N/N=C\c2ccccc2O)c1. The molecule has 0 radical (unpaired) electrons. The molecule has 6 heteroatoms. The smallest absolute Gasteiger partial charge is 0.329 e. The Bertz CT molecular complexity index is 769. The van der Waals surface area contributed by atoms with Crippen molar-refractivity contribution in [2.45, 2.75) is 13.8 Å². The topological polar surface area (TPSA) is 90.8 Å². The van der Waals surface area contributed by atoms with E-state index in [1.807, 2.05) is 26.0 Å². The van der Waals surface area contributed by atoms with E-state index in [9.17, 15) is 14.7 Å². The molecule has 0 aromatic heterocycles. The molecule has 0 fully saturated rings. The second kappa shape index (κ2) is 7.22. The molecule has 0 atom stereocenters. The van der Waals surface area contributed by atoms with E-state index in [0.29, 0.717) is 11.3 Å². The van der Waals surface area contributed by atoms with Gasteiger partial charge in [-0.2, -0.15) is 5.10 Å². The van der Waals surface area contributed by atoms with E-state index in [4.69, 9.17) is 0 Å². The second-order valence-corrected chi connectivity index (χ2v) is 5.03. The second-order valence-electron chi connectivity index (χ2n) is 5.03. The van der Waals surface area contributed by atoms with Crippen LogP contribution in [-0.2, 0) is 9.59 Å². The summed E-state index contributed by atoms with van der Waals surface area (Å²) < 4.78 is 0. The Morgan fingerprint density at radius 3 is 2.57 bits per heavy atom. The highest BCUT2D eigenvalue weighted by molar-refractivity contribution is 6.39. The molecule has 0 unspecified atom stereocenters. The van der Waals surface area contributed by atoms with E-state index < -0.39 is 11.8 Å². The molecule has 0 saturated heterocycles. The molecule has 0 bridgehead atoms. The van der Waals surface area contributed by atoms with Crippen molar-refractivity contribution < 1.29 is 14.7 Å². The summed E-state index contributed by atoms with van der Waals surface area (Å²) in [7, 11) is 0. The third kappa shape index (κ3) is 4.41. The van der Waals surface area contributed by atoms with Crippen LogP contribution in [0.3, 0.4) is 0 Å². The van der Waals surface area contributed by atoms with Gasteiger partial charge in [0.05, 0.1) is 6.21 Å². The third-order valence-corrected chi connectivity index (χ3v) is 3.15. The molecule has 118 valence electrons. The molecule has 0 saturated carbocycles. The Kier molecular flexibility index (Phi) is 5.09. The number of nitrogens with one attached hydrogen (secondary N) is 2. The van der Waals surface area contributed by atoms with Gasteiger partial charge in [0.1, 0.15) is 5.75 Å². The first-order valence-corrected chi connectivity index (χ1v) is 6.97. The fourth-order valence-electron chi connectivity index (χ4n) is 1.86. The van der Waals surface area contributed by atoms with Gasteiger partial charge in [0.15, 0.2) is 0 Å². The lowest BCUT2D eigenvalue weighted by Gasteiger charge is -2.08. The summed E-state index contributed by atoms with van der Waals surface area (Å²) in [5.74, 6) is -1.67. The van der Waals surface area contributed by atoms with Crippen molar-refractivity contribution in [1.82, 2.24) is 5.43 Å². The number of benzene rings is 2. The van der Waals surface area contributed by atoms with Crippen molar-refractivity contribution in [1.29, 1.82) is 0 Å². The molecule has 2 rings (SSSR count). The molecular formula is C17H17N3O3. The maximum Gasteiger partial charge on any atom is 0.329 e. The lowest BCUT2D eigenvalue weighted by molar-refractivity contribution is -0.136. The van der Waals surface area contributed by atoms with Gasteiger partial charge < -0.3 is 10.4 Å². The van der Waals surface area contributed by atoms with Gasteiger partial charge in [0.2, 0.25) is 0 Å². The maximum atomic E-state index is 11.8. The van der Waals surface area contributed by atoms with E-state index in [1.54, 1.807) is 24.3 Å². The van der Waals surface area contributed by atoms with Gasteiger partial charge in [0, 0.05) is 11.3 Å². The van der Waals surface area contributed by atoms with Crippen molar-refractivity contribution in [3.8, 4) is 5.75 Å². The van der Waals surface area contributed by atoms with Crippen LogP contribution in [0.2, 0.25) is 0 Å². The zero-order valence-corrected chi connectivity index (χ0v) is 12.8. The van der Waals surface area contributed by atoms with Gasteiger partial charge in [-0.15, -0.1) is 0 Å². The standard InChI is InChI=1S/C17H17N3O3/c1-11-7-8-12(2)14(9-11)19-16(22)17(23)20-18-10-13-5-3-4-6-15(13)21/h3-10,21H,1-2H3,(H,19,22)(H,20,23)/b18-10-. The molecule has 2 aromatic rings. The van der Waals surface area contributed by atoms with Crippen molar-refractivity contribution in [2.24, 2.45) is 5.10 Å². The minimum absolute atomic E-state index is 0.0327. The maximum absolute atomic E-state index is 11.8. The molecule has 0 spiro atoms. The van der Waals surface area contributed by atoms with Crippen LogP contribution in [0.1, 0.15) is 16.7 Å². The minimum Gasteiger partial charge on any atom is -0.507 e. The number of hydrogen-bond acceptors (Lipinski definition) is 4. The van der Waals surface area contributed by atoms with Crippen LogP contribution in [0.15, 0.2) is 47.6 Å². The highest BCUT2D eigenvalue weighted by atomic mass is 16.3. The molecule has 6 nitrogen and oxygen atoms in total. The van der Waals surface area contributed by atoms with E-state index in [2.05, 4.69) is 15.8 Å². The van der Waals surface area contributed by atoms with Crippen molar-refractivity contribution in [2.75, 3.05) is 5.32 Å². The molecule has 23 heavy (non-hydrogen) atoms. The van der Waals surface area contributed by atoms with Gasteiger partial charge in [-0.1, -0.05) is 24.3 Å². The van der Waals surface area contributed by atoms with Crippen LogP contribution in [0.5, 0.6) is 5.75 Å². The first kappa shape index (κ1) is 16.2. The minimum atomic E-state index is -0.891. The quantitative estimate of drug-likeness (QED) is 0.460. The Balaban J connectivity index is 1.97. The summed E-state index contributed by atoms with van der Waals surface area (Å²) in [4.78, 5) is 23.6. The summed E-state index contributed by atoms with van der Waals surface area (Å²) in [5.41, 5.74) is 4.96. The highest BCUT2D eigenvalue weighted by Gasteiger charge is 2.14. The fraction of sp³-hybridized carbons (Fsp3) is 0.118. The lowest BCUT2D eigenvalue weighted by Crippen LogP contribution is -2.32. The van der Waals surface area contributed by atoms with Crippen LogP contribution in [-0.4, -0.2) is 23.1 Å². The number of rotatable bonds is 3. The van der Waals surface area contributed by atoms with Gasteiger partial charge in [-0.05, 0) is 43.2 Å². The summed E-state index contributed by atoms with van der Waals surface area (Å²) >= 11 is 0. The first-order valence-electron chi connectivity index (χ1n) is 6.97. The molecule has 0 aliphatic carbocycles. The van der Waals surface area contributed by atoms with Crippen molar-refractivity contribution in [3.05, 3.63) is 59.2 Å². The molecule has 3 N–H and O–H groups in total. The molecule has 2 aromatic carbocycles. The zero-order chi connectivity index (χ0) is 16.8. The number of aryl methyl sites for hydroxylation is 2. The number of nitrogens with zero attached hydrogens (tertiary/aromatic N) is 1. The molecule has 0 aliphatic heterocycles. The number of amides is 2. The van der Waals surface area contributed by atoms with E-state index in [-0.39, 0.29) is 5.75 Å². The number of anilines is 1. The number of para-hydroxylation sites is 1. The lowest BCUT2D eigenvalue weighted by atomic mass is 10.1. The average Bonchev–Trinajstić information content (AvgIpc) is 2.52. The Morgan fingerprint density at radius 2 is 1.83 bits per heavy atom. The normalized spacial score (nSPS) is 10.5. The van der Waals surface area contributed by atoms with E-state index in [1.165, 1.54) is 12.3 Å². The monoisotopic (exact) mass is 311 g/mol. The van der Waals surface area contributed by atoms with Crippen LogP contribution < -0.4 is 10.7 Å². The Morgan fingerprint density at radius 1 is 1.09 bits per heavy atom. The van der Waals surface area contributed by atoms with Gasteiger partial charge in [-0.3, -0.25) is 9.59 Å². The average molecular weight is 311 g/mol. The number of carbonyl (C=O) groups excluding carboxylic acids is 2. The van der Waals surface area contributed by atoms with Crippen LogP contribution in [0.25, 0.3) is 0 Å². The first-order chi connectivity index (χ1) is 11.0. The van der Waals surface area contributed by atoms with Gasteiger partial charge in [0.25, 0.3) is 0 Å². The largest absolute Gasteiger partial charge is 0.507 e. The van der Waals surface area contributed by atoms with Crippen molar-refractivity contribution in [3.63, 3.8) is 0 Å². The summed E-state index contributed by atoms with van der Waals surface area (Å²) in [6, 6.07) is 12.1. The third-order valence-electron chi connectivity index (χ3n) is 3.15. The number of hydrogen-bond donors (Lipinski definition) is 3.